The summed E-state index contributed by atoms with van der Waals surface area (Å²) in [4.78, 5) is 15.7. The highest BCUT2D eigenvalue weighted by Gasteiger charge is 2.07. The largest absolute Gasteiger partial charge is 0.309 e. The van der Waals surface area contributed by atoms with Crippen LogP contribution in [0.15, 0.2) is 17.8 Å². The first kappa shape index (κ1) is 13.6. The SMILES string of the molecule is CC(C)NCc1cn(CC(=O)Nc2nccs2)nn1. The van der Waals surface area contributed by atoms with E-state index in [1.807, 2.05) is 0 Å². The summed E-state index contributed by atoms with van der Waals surface area (Å²) in [6, 6.07) is 0.387. The molecule has 0 saturated carbocycles. The summed E-state index contributed by atoms with van der Waals surface area (Å²) >= 11 is 1.38. The Morgan fingerprint density at radius 2 is 2.37 bits per heavy atom. The van der Waals surface area contributed by atoms with Crippen molar-refractivity contribution in [3.8, 4) is 0 Å². The van der Waals surface area contributed by atoms with Crippen molar-refractivity contribution in [3.63, 3.8) is 0 Å². The van der Waals surface area contributed by atoms with E-state index in [1.54, 1.807) is 17.8 Å². The predicted molar refractivity (Wildman–Crippen MR) is 72.7 cm³/mol. The maximum Gasteiger partial charge on any atom is 0.247 e. The Balaban J connectivity index is 1.84. The summed E-state index contributed by atoms with van der Waals surface area (Å²) in [7, 11) is 0. The Bertz CT molecular complexity index is 521. The number of nitrogens with one attached hydrogen (secondary N) is 2. The highest BCUT2D eigenvalue weighted by Crippen LogP contribution is 2.09. The van der Waals surface area contributed by atoms with E-state index in [4.69, 9.17) is 0 Å². The number of thiazole rings is 1. The highest BCUT2D eigenvalue weighted by molar-refractivity contribution is 7.13. The van der Waals surface area contributed by atoms with Crippen molar-refractivity contribution in [2.75, 3.05) is 5.32 Å². The summed E-state index contributed by atoms with van der Waals surface area (Å²) in [6.07, 6.45) is 3.41. The van der Waals surface area contributed by atoms with Crippen LogP contribution in [0, 0.1) is 0 Å². The van der Waals surface area contributed by atoms with Gasteiger partial charge in [-0.3, -0.25) is 4.79 Å². The molecular formula is C11H16N6OS. The summed E-state index contributed by atoms with van der Waals surface area (Å²) < 4.78 is 1.51. The molecule has 0 spiro atoms. The molecule has 2 aromatic heterocycles. The zero-order valence-electron chi connectivity index (χ0n) is 10.8. The molecule has 0 aromatic carbocycles. The van der Waals surface area contributed by atoms with Gasteiger partial charge in [-0.05, 0) is 0 Å². The molecule has 7 nitrogen and oxygen atoms in total. The lowest BCUT2D eigenvalue weighted by atomic mass is 10.3. The molecule has 0 radical (unpaired) electrons. The van der Waals surface area contributed by atoms with Crippen molar-refractivity contribution in [2.45, 2.75) is 33.0 Å². The zero-order valence-corrected chi connectivity index (χ0v) is 11.6. The van der Waals surface area contributed by atoms with Crippen molar-refractivity contribution in [3.05, 3.63) is 23.5 Å². The average molecular weight is 280 g/mol. The Morgan fingerprint density at radius 3 is 3.05 bits per heavy atom. The molecule has 2 rings (SSSR count). The molecule has 2 heterocycles. The maximum atomic E-state index is 11.7. The van der Waals surface area contributed by atoms with Gasteiger partial charge >= 0.3 is 0 Å². The summed E-state index contributed by atoms with van der Waals surface area (Å²) in [5.74, 6) is -0.164. The van der Waals surface area contributed by atoms with Gasteiger partial charge in [-0.2, -0.15) is 0 Å². The first-order valence-electron chi connectivity index (χ1n) is 5.95. The minimum absolute atomic E-state index is 0.133. The molecule has 19 heavy (non-hydrogen) atoms. The molecule has 0 aliphatic rings. The Hall–Kier alpha value is -1.80. The molecule has 0 fully saturated rings. The number of aromatic nitrogens is 4. The second kappa shape index (κ2) is 6.39. The molecule has 1 amide bonds. The number of anilines is 1. The number of carbonyl (C=O) groups is 1. The van der Waals surface area contributed by atoms with E-state index in [1.165, 1.54) is 16.0 Å². The van der Waals surface area contributed by atoms with Crippen LogP contribution >= 0.6 is 11.3 Å². The Morgan fingerprint density at radius 1 is 1.53 bits per heavy atom. The fourth-order valence-electron chi connectivity index (χ4n) is 1.40. The fourth-order valence-corrected chi connectivity index (χ4v) is 1.94. The van der Waals surface area contributed by atoms with E-state index >= 15 is 0 Å². The van der Waals surface area contributed by atoms with Crippen molar-refractivity contribution in [1.29, 1.82) is 0 Å². The van der Waals surface area contributed by atoms with Gasteiger partial charge in [-0.1, -0.05) is 19.1 Å². The highest BCUT2D eigenvalue weighted by atomic mass is 32.1. The van der Waals surface area contributed by atoms with Gasteiger partial charge in [-0.15, -0.1) is 16.4 Å². The van der Waals surface area contributed by atoms with Gasteiger partial charge in [0.2, 0.25) is 5.91 Å². The molecule has 0 aliphatic carbocycles. The predicted octanol–water partition coefficient (Wildman–Crippen LogP) is 0.871. The summed E-state index contributed by atoms with van der Waals surface area (Å²) in [6.45, 7) is 4.90. The quantitative estimate of drug-likeness (QED) is 0.820. The topological polar surface area (TPSA) is 84.7 Å². The first-order chi connectivity index (χ1) is 9.13. The minimum atomic E-state index is -0.164. The van der Waals surface area contributed by atoms with Crippen molar-refractivity contribution >= 4 is 22.4 Å². The van der Waals surface area contributed by atoms with Crippen LogP contribution in [-0.4, -0.2) is 31.9 Å². The molecule has 0 atom stereocenters. The van der Waals surface area contributed by atoms with Crippen LogP contribution in [-0.2, 0) is 17.9 Å². The molecule has 102 valence electrons. The van der Waals surface area contributed by atoms with Crippen LogP contribution in [0.25, 0.3) is 0 Å². The lowest BCUT2D eigenvalue weighted by molar-refractivity contribution is -0.116. The summed E-state index contributed by atoms with van der Waals surface area (Å²) in [5.41, 5.74) is 0.816. The number of hydrogen-bond donors (Lipinski definition) is 2. The van der Waals surface area contributed by atoms with Gasteiger partial charge in [0.25, 0.3) is 0 Å². The van der Waals surface area contributed by atoms with Crippen LogP contribution < -0.4 is 10.6 Å². The number of hydrogen-bond acceptors (Lipinski definition) is 6. The fraction of sp³-hybridized carbons (Fsp3) is 0.455. The van der Waals surface area contributed by atoms with E-state index < -0.39 is 0 Å². The second-order valence-corrected chi connectivity index (χ2v) is 5.22. The molecule has 2 N–H and O–H groups in total. The summed E-state index contributed by atoms with van der Waals surface area (Å²) in [5, 5.41) is 16.2. The standard InChI is InChI=1S/C11H16N6OS/c1-8(2)13-5-9-6-17(16-15-9)7-10(18)14-11-12-3-4-19-11/h3-4,6,8,13H,5,7H2,1-2H3,(H,12,14,18). The lowest BCUT2D eigenvalue weighted by Gasteiger charge is -2.04. The molecule has 8 heteroatoms. The average Bonchev–Trinajstić information content (AvgIpc) is 2.98. The molecular weight excluding hydrogens is 264 g/mol. The molecule has 0 bridgehead atoms. The Kier molecular flexibility index (Phi) is 4.58. The van der Waals surface area contributed by atoms with E-state index in [2.05, 4.69) is 39.8 Å². The molecule has 0 unspecified atom stereocenters. The van der Waals surface area contributed by atoms with Crippen LogP contribution in [0.2, 0.25) is 0 Å². The molecule has 0 saturated heterocycles. The number of amides is 1. The maximum absolute atomic E-state index is 11.7. The second-order valence-electron chi connectivity index (χ2n) is 4.33. The van der Waals surface area contributed by atoms with E-state index in [9.17, 15) is 4.79 Å². The first-order valence-corrected chi connectivity index (χ1v) is 6.83. The normalized spacial score (nSPS) is 10.9. The van der Waals surface area contributed by atoms with Crippen molar-refractivity contribution in [1.82, 2.24) is 25.3 Å². The van der Waals surface area contributed by atoms with Gasteiger partial charge in [-0.25, -0.2) is 9.67 Å². The van der Waals surface area contributed by atoms with E-state index in [-0.39, 0.29) is 12.5 Å². The van der Waals surface area contributed by atoms with Crippen molar-refractivity contribution < 1.29 is 4.79 Å². The zero-order chi connectivity index (χ0) is 13.7. The number of carbonyl (C=O) groups excluding carboxylic acids is 1. The number of rotatable bonds is 6. The smallest absolute Gasteiger partial charge is 0.247 e. The van der Waals surface area contributed by atoms with E-state index in [0.717, 1.165) is 5.69 Å². The molecule has 0 aliphatic heterocycles. The van der Waals surface area contributed by atoms with Gasteiger partial charge in [0.15, 0.2) is 5.13 Å². The third-order valence-electron chi connectivity index (χ3n) is 2.26. The van der Waals surface area contributed by atoms with Gasteiger partial charge in [0.05, 0.1) is 11.9 Å². The lowest BCUT2D eigenvalue weighted by Crippen LogP contribution is -2.22. The number of nitrogens with zero attached hydrogens (tertiary/aromatic N) is 4. The van der Waals surface area contributed by atoms with Gasteiger partial charge in [0, 0.05) is 24.2 Å². The van der Waals surface area contributed by atoms with Gasteiger partial charge < -0.3 is 10.6 Å². The Labute approximate surface area is 115 Å². The molecule has 2 aromatic rings. The van der Waals surface area contributed by atoms with Crippen molar-refractivity contribution in [2.24, 2.45) is 0 Å². The third-order valence-corrected chi connectivity index (χ3v) is 2.95. The van der Waals surface area contributed by atoms with E-state index in [0.29, 0.717) is 17.7 Å². The van der Waals surface area contributed by atoms with Gasteiger partial charge in [0.1, 0.15) is 6.54 Å². The minimum Gasteiger partial charge on any atom is -0.309 e. The van der Waals surface area contributed by atoms with Crippen LogP contribution in [0.3, 0.4) is 0 Å². The van der Waals surface area contributed by atoms with Crippen LogP contribution in [0.5, 0.6) is 0 Å². The van der Waals surface area contributed by atoms with Crippen LogP contribution in [0.1, 0.15) is 19.5 Å². The third kappa shape index (κ3) is 4.42. The monoisotopic (exact) mass is 280 g/mol. The van der Waals surface area contributed by atoms with Crippen LogP contribution in [0.4, 0.5) is 5.13 Å².